The van der Waals surface area contributed by atoms with Crippen LogP contribution in [0.15, 0.2) is 36.5 Å². The lowest BCUT2D eigenvalue weighted by molar-refractivity contribution is 0.161. The first-order valence-electron chi connectivity index (χ1n) is 4.11. The number of hydrogen-bond acceptors (Lipinski definition) is 3. The molecule has 0 amide bonds. The summed E-state index contributed by atoms with van der Waals surface area (Å²) in [5.74, 6) is 0. The highest BCUT2D eigenvalue weighted by atomic mass is 16.5. The summed E-state index contributed by atoms with van der Waals surface area (Å²) < 4.78 is 0. The van der Waals surface area contributed by atoms with Crippen LogP contribution in [-0.2, 0) is 6.54 Å². The van der Waals surface area contributed by atoms with E-state index in [9.17, 15) is 0 Å². The predicted molar refractivity (Wildman–Crippen MR) is 50.4 cm³/mol. The van der Waals surface area contributed by atoms with Gasteiger partial charge in [0.15, 0.2) is 0 Å². The Morgan fingerprint density at radius 1 is 1.23 bits per heavy atom. The number of aromatic nitrogens is 1. The zero-order valence-electron chi connectivity index (χ0n) is 7.07. The molecule has 2 N–H and O–H groups in total. The summed E-state index contributed by atoms with van der Waals surface area (Å²) in [6, 6.07) is 9.76. The van der Waals surface area contributed by atoms with Crippen molar-refractivity contribution in [2.45, 2.75) is 6.54 Å². The topological polar surface area (TPSA) is 45.1 Å². The monoisotopic (exact) mass is 174 g/mol. The van der Waals surface area contributed by atoms with Crippen molar-refractivity contribution in [3.05, 3.63) is 42.1 Å². The van der Waals surface area contributed by atoms with E-state index in [1.807, 2.05) is 30.3 Å². The van der Waals surface area contributed by atoms with E-state index in [2.05, 4.69) is 10.5 Å². The minimum Gasteiger partial charge on any atom is -0.316 e. The van der Waals surface area contributed by atoms with Crippen LogP contribution in [0.4, 0.5) is 0 Å². The first kappa shape index (κ1) is 8.16. The maximum absolute atomic E-state index is 8.61. The highest BCUT2D eigenvalue weighted by Gasteiger charge is 1.98. The van der Waals surface area contributed by atoms with E-state index in [1.165, 1.54) is 0 Å². The Morgan fingerprint density at radius 2 is 2.08 bits per heavy atom. The second-order valence-corrected chi connectivity index (χ2v) is 2.82. The lowest BCUT2D eigenvalue weighted by Crippen LogP contribution is -2.06. The number of hydrogen-bond donors (Lipinski definition) is 2. The third-order valence-corrected chi connectivity index (χ3v) is 2.01. The van der Waals surface area contributed by atoms with Crippen molar-refractivity contribution in [3.63, 3.8) is 0 Å². The highest BCUT2D eigenvalue weighted by Crippen LogP contribution is 2.15. The Balaban J connectivity index is 2.61. The summed E-state index contributed by atoms with van der Waals surface area (Å²) in [5, 5.41) is 9.68. The highest BCUT2D eigenvalue weighted by molar-refractivity contribution is 5.81. The number of para-hydroxylation sites is 1. The molecule has 0 aliphatic heterocycles. The minimum atomic E-state index is 0.447. The van der Waals surface area contributed by atoms with E-state index >= 15 is 0 Å². The molecule has 3 nitrogen and oxygen atoms in total. The molecule has 0 atom stereocenters. The van der Waals surface area contributed by atoms with E-state index in [1.54, 1.807) is 6.20 Å². The molecule has 0 unspecified atom stereocenters. The molecule has 2 aromatic rings. The van der Waals surface area contributed by atoms with Crippen molar-refractivity contribution in [2.24, 2.45) is 0 Å². The second kappa shape index (κ2) is 3.51. The summed E-state index contributed by atoms with van der Waals surface area (Å²) in [6.45, 7) is 0.447. The van der Waals surface area contributed by atoms with Gasteiger partial charge in [0.25, 0.3) is 0 Å². The fourth-order valence-electron chi connectivity index (χ4n) is 1.39. The van der Waals surface area contributed by atoms with Crippen LogP contribution in [0.3, 0.4) is 0 Å². The van der Waals surface area contributed by atoms with Crippen LogP contribution in [0.5, 0.6) is 0 Å². The van der Waals surface area contributed by atoms with Crippen LogP contribution < -0.4 is 5.48 Å². The van der Waals surface area contributed by atoms with E-state index in [4.69, 9.17) is 5.21 Å². The van der Waals surface area contributed by atoms with Gasteiger partial charge in [-0.15, -0.1) is 0 Å². The third-order valence-electron chi connectivity index (χ3n) is 2.01. The van der Waals surface area contributed by atoms with Gasteiger partial charge in [0.05, 0.1) is 5.52 Å². The van der Waals surface area contributed by atoms with Gasteiger partial charge in [-0.1, -0.05) is 18.2 Å². The van der Waals surface area contributed by atoms with Crippen molar-refractivity contribution in [3.8, 4) is 0 Å². The summed E-state index contributed by atoms with van der Waals surface area (Å²) >= 11 is 0. The molecule has 0 fully saturated rings. The minimum absolute atomic E-state index is 0.447. The fourth-order valence-corrected chi connectivity index (χ4v) is 1.39. The van der Waals surface area contributed by atoms with Crippen LogP contribution >= 0.6 is 0 Å². The smallest absolute Gasteiger partial charge is 0.0705 e. The van der Waals surface area contributed by atoms with Gasteiger partial charge in [0.2, 0.25) is 0 Å². The maximum atomic E-state index is 8.61. The van der Waals surface area contributed by atoms with Crippen molar-refractivity contribution in [2.75, 3.05) is 0 Å². The Morgan fingerprint density at radius 3 is 2.92 bits per heavy atom. The molecule has 0 saturated heterocycles. The molecule has 0 spiro atoms. The zero-order chi connectivity index (χ0) is 9.10. The van der Waals surface area contributed by atoms with Crippen LogP contribution in [0.25, 0.3) is 10.9 Å². The predicted octanol–water partition coefficient (Wildman–Crippen LogP) is 1.71. The summed E-state index contributed by atoms with van der Waals surface area (Å²) in [7, 11) is 0. The fraction of sp³-hybridized carbons (Fsp3) is 0.100. The average molecular weight is 174 g/mol. The van der Waals surface area contributed by atoms with Gasteiger partial charge >= 0.3 is 0 Å². The first-order chi connectivity index (χ1) is 6.42. The van der Waals surface area contributed by atoms with Crippen LogP contribution in [0, 0.1) is 0 Å². The number of rotatable bonds is 2. The zero-order valence-corrected chi connectivity index (χ0v) is 7.07. The maximum Gasteiger partial charge on any atom is 0.0705 e. The molecule has 3 heteroatoms. The summed E-state index contributed by atoms with van der Waals surface area (Å²) in [4.78, 5) is 4.21. The second-order valence-electron chi connectivity index (χ2n) is 2.82. The first-order valence-corrected chi connectivity index (χ1v) is 4.11. The van der Waals surface area contributed by atoms with E-state index in [0.717, 1.165) is 16.5 Å². The molecule has 1 aromatic carbocycles. The molecule has 0 bridgehead atoms. The SMILES string of the molecule is ONCc1ccnc2ccccc12. The molecule has 0 aliphatic rings. The Labute approximate surface area is 76.0 Å². The number of benzene rings is 1. The van der Waals surface area contributed by atoms with E-state index in [-0.39, 0.29) is 0 Å². The Hall–Kier alpha value is -1.45. The standard InChI is InChI=1S/C10H10N2O/c13-12-7-8-5-6-11-10-4-2-1-3-9(8)10/h1-6,12-13H,7H2. The molecule has 2 rings (SSSR count). The van der Waals surface area contributed by atoms with Gasteiger partial charge in [0, 0.05) is 18.1 Å². The van der Waals surface area contributed by atoms with Crippen molar-refractivity contribution >= 4 is 10.9 Å². The summed E-state index contributed by atoms with van der Waals surface area (Å²) in [5.41, 5.74) is 4.15. The molecular formula is C10H10N2O. The van der Waals surface area contributed by atoms with Crippen molar-refractivity contribution in [1.82, 2.24) is 10.5 Å². The van der Waals surface area contributed by atoms with Gasteiger partial charge in [-0.3, -0.25) is 4.98 Å². The number of nitrogens with one attached hydrogen (secondary N) is 1. The van der Waals surface area contributed by atoms with Gasteiger partial charge in [-0.2, -0.15) is 0 Å². The van der Waals surface area contributed by atoms with Gasteiger partial charge < -0.3 is 5.21 Å². The molecule has 0 aliphatic carbocycles. The van der Waals surface area contributed by atoms with E-state index < -0.39 is 0 Å². The quantitative estimate of drug-likeness (QED) is 0.681. The van der Waals surface area contributed by atoms with E-state index in [0.29, 0.717) is 6.54 Å². The molecule has 0 radical (unpaired) electrons. The normalized spacial score (nSPS) is 10.5. The summed E-state index contributed by atoms with van der Waals surface area (Å²) in [6.07, 6.45) is 1.75. The number of pyridine rings is 1. The van der Waals surface area contributed by atoms with Crippen LogP contribution in [0.1, 0.15) is 5.56 Å². The van der Waals surface area contributed by atoms with Gasteiger partial charge in [0.1, 0.15) is 0 Å². The number of hydroxylamine groups is 1. The average Bonchev–Trinajstić information content (AvgIpc) is 2.19. The van der Waals surface area contributed by atoms with Gasteiger partial charge in [-0.05, 0) is 17.7 Å². The lowest BCUT2D eigenvalue weighted by atomic mass is 10.1. The van der Waals surface area contributed by atoms with Gasteiger partial charge in [-0.25, -0.2) is 5.48 Å². The van der Waals surface area contributed by atoms with Crippen LogP contribution in [0.2, 0.25) is 0 Å². The van der Waals surface area contributed by atoms with Crippen LogP contribution in [-0.4, -0.2) is 10.2 Å². The molecule has 13 heavy (non-hydrogen) atoms. The van der Waals surface area contributed by atoms with Crippen molar-refractivity contribution in [1.29, 1.82) is 0 Å². The molecule has 0 saturated carbocycles. The largest absolute Gasteiger partial charge is 0.316 e. The number of fused-ring (bicyclic) bond motifs is 1. The Bertz CT molecular complexity index is 409. The number of nitrogens with zero attached hydrogens (tertiary/aromatic N) is 1. The Kier molecular flexibility index (Phi) is 2.21. The lowest BCUT2D eigenvalue weighted by Gasteiger charge is -2.03. The molecule has 66 valence electrons. The molecule has 1 aromatic heterocycles. The third kappa shape index (κ3) is 1.52. The van der Waals surface area contributed by atoms with Crippen molar-refractivity contribution < 1.29 is 5.21 Å². The molecular weight excluding hydrogens is 164 g/mol. The molecule has 1 heterocycles.